The van der Waals surface area contributed by atoms with E-state index in [0.29, 0.717) is 17.0 Å². The average Bonchev–Trinajstić information content (AvgIpc) is 3.27. The number of para-hydroxylation sites is 1. The van der Waals surface area contributed by atoms with Crippen LogP contribution >= 0.6 is 0 Å². The van der Waals surface area contributed by atoms with Crippen molar-refractivity contribution < 1.29 is 4.39 Å². The van der Waals surface area contributed by atoms with E-state index in [1.807, 2.05) is 44.2 Å². The molecule has 0 aliphatic heterocycles. The molecule has 0 N–H and O–H groups in total. The standard InChI is InChI=1S/C23H20FN5O2/c1-14-15(2)29-19-20(25-22(29)28(14)18-12-8-7-11-17(18)24)26(3)23(31)27(21(19)30)13-16-9-5-4-6-10-16/h4-12H,13H2,1-3H3. The van der Waals surface area contributed by atoms with Crippen LogP contribution in [0.4, 0.5) is 4.39 Å². The molecule has 0 saturated carbocycles. The molecular formula is C23H20FN5O2. The number of imidazole rings is 2. The van der Waals surface area contributed by atoms with Crippen LogP contribution in [0.1, 0.15) is 17.0 Å². The Morgan fingerprint density at radius 3 is 2.32 bits per heavy atom. The smallest absolute Gasteiger partial charge is 0.280 e. The summed E-state index contributed by atoms with van der Waals surface area (Å²) in [5.74, 6) is -0.00908. The number of hydrogen-bond acceptors (Lipinski definition) is 3. The average molecular weight is 417 g/mol. The maximum atomic E-state index is 14.6. The molecule has 0 aliphatic rings. The first kappa shape index (κ1) is 19.0. The molecule has 3 heterocycles. The third-order valence-electron chi connectivity index (χ3n) is 5.80. The summed E-state index contributed by atoms with van der Waals surface area (Å²) in [4.78, 5) is 31.0. The monoisotopic (exact) mass is 417 g/mol. The lowest BCUT2D eigenvalue weighted by Crippen LogP contribution is -2.39. The molecule has 0 fully saturated rings. The van der Waals surface area contributed by atoms with Gasteiger partial charge in [0.2, 0.25) is 5.78 Å². The van der Waals surface area contributed by atoms with Gasteiger partial charge in [0.05, 0.1) is 12.2 Å². The highest BCUT2D eigenvalue weighted by atomic mass is 19.1. The molecule has 31 heavy (non-hydrogen) atoms. The summed E-state index contributed by atoms with van der Waals surface area (Å²) in [7, 11) is 1.59. The van der Waals surface area contributed by atoms with E-state index in [4.69, 9.17) is 0 Å². The fourth-order valence-electron chi connectivity index (χ4n) is 4.08. The van der Waals surface area contributed by atoms with E-state index in [9.17, 15) is 14.0 Å². The van der Waals surface area contributed by atoms with Crippen LogP contribution in [0, 0.1) is 19.7 Å². The van der Waals surface area contributed by atoms with Gasteiger partial charge < -0.3 is 0 Å². The summed E-state index contributed by atoms with van der Waals surface area (Å²) >= 11 is 0. The van der Waals surface area contributed by atoms with Crippen molar-refractivity contribution in [2.45, 2.75) is 20.4 Å². The predicted octanol–water partition coefficient (Wildman–Crippen LogP) is 2.94. The molecule has 0 aliphatic carbocycles. The van der Waals surface area contributed by atoms with Crippen molar-refractivity contribution in [1.29, 1.82) is 0 Å². The van der Waals surface area contributed by atoms with E-state index in [1.54, 1.807) is 34.2 Å². The quantitative estimate of drug-likeness (QED) is 0.453. The van der Waals surface area contributed by atoms with Gasteiger partial charge in [-0.15, -0.1) is 0 Å². The minimum Gasteiger partial charge on any atom is -0.280 e. The van der Waals surface area contributed by atoms with Gasteiger partial charge in [0.1, 0.15) is 5.82 Å². The van der Waals surface area contributed by atoms with Crippen molar-refractivity contribution in [3.05, 3.63) is 98.2 Å². The number of nitrogens with zero attached hydrogens (tertiary/aromatic N) is 5. The van der Waals surface area contributed by atoms with Crippen LogP contribution in [0.25, 0.3) is 22.6 Å². The second-order valence-electron chi connectivity index (χ2n) is 7.60. The van der Waals surface area contributed by atoms with Gasteiger partial charge in [0, 0.05) is 18.4 Å². The third-order valence-corrected chi connectivity index (χ3v) is 5.80. The van der Waals surface area contributed by atoms with Crippen LogP contribution in [-0.4, -0.2) is 23.1 Å². The molecule has 0 unspecified atom stereocenters. The number of rotatable bonds is 3. The molecule has 8 heteroatoms. The van der Waals surface area contributed by atoms with E-state index < -0.39 is 17.1 Å². The van der Waals surface area contributed by atoms with Crippen molar-refractivity contribution >= 4 is 16.9 Å². The van der Waals surface area contributed by atoms with Crippen molar-refractivity contribution in [3.63, 3.8) is 0 Å². The van der Waals surface area contributed by atoms with Gasteiger partial charge in [0.15, 0.2) is 11.2 Å². The molecule has 7 nitrogen and oxygen atoms in total. The topological polar surface area (TPSA) is 66.2 Å². The summed E-state index contributed by atoms with van der Waals surface area (Å²) in [5.41, 5.74) is 2.38. The van der Waals surface area contributed by atoms with E-state index in [1.165, 1.54) is 15.2 Å². The molecule has 156 valence electrons. The van der Waals surface area contributed by atoms with Crippen LogP contribution in [0.3, 0.4) is 0 Å². The van der Waals surface area contributed by atoms with E-state index in [-0.39, 0.29) is 12.2 Å². The highest BCUT2D eigenvalue weighted by Gasteiger charge is 2.24. The van der Waals surface area contributed by atoms with Gasteiger partial charge in [0.25, 0.3) is 5.56 Å². The van der Waals surface area contributed by atoms with E-state index in [2.05, 4.69) is 4.98 Å². The van der Waals surface area contributed by atoms with Gasteiger partial charge in [-0.2, -0.15) is 4.98 Å². The summed E-state index contributed by atoms with van der Waals surface area (Å²) in [6.07, 6.45) is 0. The number of aromatic nitrogens is 5. The number of aryl methyl sites for hydroxylation is 2. The SMILES string of the molecule is Cc1c(C)n2c3c(=O)n(Cc4ccccc4)c(=O)n(C)c3nc2n1-c1ccccc1F. The Kier molecular flexibility index (Phi) is 4.18. The maximum Gasteiger partial charge on any atom is 0.332 e. The Morgan fingerprint density at radius 2 is 1.61 bits per heavy atom. The molecular weight excluding hydrogens is 397 g/mol. The fourth-order valence-corrected chi connectivity index (χ4v) is 4.08. The van der Waals surface area contributed by atoms with Gasteiger partial charge in [-0.1, -0.05) is 42.5 Å². The first-order chi connectivity index (χ1) is 14.9. The molecule has 2 aromatic carbocycles. The van der Waals surface area contributed by atoms with Crippen LogP contribution in [-0.2, 0) is 13.6 Å². The molecule has 5 rings (SSSR count). The van der Waals surface area contributed by atoms with E-state index in [0.717, 1.165) is 17.0 Å². The zero-order valence-corrected chi connectivity index (χ0v) is 17.3. The second kappa shape index (κ2) is 6.80. The predicted molar refractivity (Wildman–Crippen MR) is 117 cm³/mol. The first-order valence-corrected chi connectivity index (χ1v) is 9.89. The number of halogens is 1. The summed E-state index contributed by atoms with van der Waals surface area (Å²) in [5, 5.41) is 0. The minimum absolute atomic E-state index is 0.154. The largest absolute Gasteiger partial charge is 0.332 e. The first-order valence-electron chi connectivity index (χ1n) is 9.89. The molecule has 5 aromatic rings. The van der Waals surface area contributed by atoms with Crippen LogP contribution < -0.4 is 11.2 Å². The number of benzene rings is 2. The van der Waals surface area contributed by atoms with Crippen molar-refractivity contribution in [1.82, 2.24) is 23.1 Å². The highest BCUT2D eigenvalue weighted by molar-refractivity contribution is 5.77. The lowest BCUT2D eigenvalue weighted by Gasteiger charge is -2.09. The van der Waals surface area contributed by atoms with Gasteiger partial charge in [-0.3, -0.25) is 22.9 Å². The Labute approximate surface area is 176 Å². The molecule has 0 amide bonds. The fraction of sp³-hybridized carbons (Fsp3) is 0.174. The lowest BCUT2D eigenvalue weighted by atomic mass is 10.2. The Balaban J connectivity index is 1.88. The van der Waals surface area contributed by atoms with Crippen molar-refractivity contribution in [2.75, 3.05) is 0 Å². The van der Waals surface area contributed by atoms with Crippen molar-refractivity contribution in [2.24, 2.45) is 7.05 Å². The number of fused-ring (bicyclic) bond motifs is 3. The summed E-state index contributed by atoms with van der Waals surface area (Å²) in [6, 6.07) is 15.7. The molecule has 3 aromatic heterocycles. The van der Waals surface area contributed by atoms with Crippen LogP contribution in [0.2, 0.25) is 0 Å². The zero-order valence-electron chi connectivity index (χ0n) is 17.3. The molecule has 0 radical (unpaired) electrons. The van der Waals surface area contributed by atoms with Crippen LogP contribution in [0.15, 0.2) is 64.2 Å². The summed E-state index contributed by atoms with van der Waals surface area (Å²) < 4.78 is 20.6. The molecule has 0 bridgehead atoms. The number of hydrogen-bond donors (Lipinski definition) is 0. The van der Waals surface area contributed by atoms with Crippen molar-refractivity contribution in [3.8, 4) is 5.69 Å². The Morgan fingerprint density at radius 1 is 0.935 bits per heavy atom. The van der Waals surface area contributed by atoms with E-state index >= 15 is 0 Å². The highest BCUT2D eigenvalue weighted by Crippen LogP contribution is 2.25. The summed E-state index contributed by atoms with van der Waals surface area (Å²) in [6.45, 7) is 3.86. The normalized spacial score (nSPS) is 11.6. The second-order valence-corrected chi connectivity index (χ2v) is 7.60. The zero-order chi connectivity index (χ0) is 21.9. The third kappa shape index (κ3) is 2.68. The molecule has 0 atom stereocenters. The Hall–Kier alpha value is -3.94. The maximum absolute atomic E-state index is 14.6. The van der Waals surface area contributed by atoms with Gasteiger partial charge in [-0.05, 0) is 31.5 Å². The van der Waals surface area contributed by atoms with Gasteiger partial charge >= 0.3 is 5.69 Å². The molecule has 0 saturated heterocycles. The Bertz CT molecular complexity index is 1590. The molecule has 0 spiro atoms. The van der Waals surface area contributed by atoms with Crippen LogP contribution in [0.5, 0.6) is 0 Å². The van der Waals surface area contributed by atoms with Gasteiger partial charge in [-0.25, -0.2) is 9.18 Å². The lowest BCUT2D eigenvalue weighted by molar-refractivity contribution is 0.618. The minimum atomic E-state index is -0.450.